The molecule has 0 bridgehead atoms. The van der Waals surface area contributed by atoms with Gasteiger partial charge in [0, 0.05) is 31.3 Å². The Morgan fingerprint density at radius 2 is 2.09 bits per heavy atom. The number of halogens is 1. The van der Waals surface area contributed by atoms with Crippen LogP contribution in [0.5, 0.6) is 5.75 Å². The van der Waals surface area contributed by atoms with E-state index in [0.29, 0.717) is 34.7 Å². The van der Waals surface area contributed by atoms with Crippen LogP contribution in [-0.4, -0.2) is 60.8 Å². The molecule has 0 unspecified atom stereocenters. The van der Waals surface area contributed by atoms with Crippen molar-refractivity contribution in [2.45, 2.75) is 44.8 Å². The van der Waals surface area contributed by atoms with Gasteiger partial charge in [0.05, 0.1) is 36.5 Å². The van der Waals surface area contributed by atoms with Gasteiger partial charge in [0.2, 0.25) is 5.95 Å². The van der Waals surface area contributed by atoms with E-state index >= 15 is 0 Å². The molecule has 1 aromatic carbocycles. The summed E-state index contributed by atoms with van der Waals surface area (Å²) < 4.78 is 22.7. The van der Waals surface area contributed by atoms with Gasteiger partial charge in [0.1, 0.15) is 17.1 Å². The fourth-order valence-corrected chi connectivity index (χ4v) is 4.37. The highest BCUT2D eigenvalue weighted by Crippen LogP contribution is 2.32. The van der Waals surface area contributed by atoms with Gasteiger partial charge in [0.15, 0.2) is 11.5 Å². The van der Waals surface area contributed by atoms with Gasteiger partial charge in [0.25, 0.3) is 0 Å². The van der Waals surface area contributed by atoms with Crippen LogP contribution < -0.4 is 15.4 Å². The molecular formula is C22H27FN8O2. The standard InChI is InChI=1S/C22H27FN8O2/c1-12(13(2)32)30-11-16(9-25-30)29-6-4-5-14(10-29)20-27-21-17-7-15(23)8-18(33-3)19(17)26-22(24)31(21)28-20/h7-9,11-14,32H,4-6,10H2,1-3H3,(H2,24,26)/t12-,13-,14+/m0/s1. The number of ether oxygens (including phenoxy) is 1. The third-order valence-electron chi connectivity index (χ3n) is 6.42. The lowest BCUT2D eigenvalue weighted by Gasteiger charge is -2.32. The van der Waals surface area contributed by atoms with Crippen molar-refractivity contribution in [3.63, 3.8) is 0 Å². The van der Waals surface area contributed by atoms with E-state index in [1.165, 1.54) is 23.8 Å². The molecule has 3 atom stereocenters. The molecular weight excluding hydrogens is 427 g/mol. The highest BCUT2D eigenvalue weighted by Gasteiger charge is 2.27. The summed E-state index contributed by atoms with van der Waals surface area (Å²) in [6, 6.07) is 2.55. The van der Waals surface area contributed by atoms with Crippen LogP contribution in [0.25, 0.3) is 16.6 Å². The van der Waals surface area contributed by atoms with Crippen molar-refractivity contribution < 1.29 is 14.2 Å². The van der Waals surface area contributed by atoms with Crippen LogP contribution in [0.2, 0.25) is 0 Å². The summed E-state index contributed by atoms with van der Waals surface area (Å²) in [5, 5.41) is 19.4. The summed E-state index contributed by atoms with van der Waals surface area (Å²) in [5.41, 5.74) is 8.06. The van der Waals surface area contributed by atoms with E-state index in [4.69, 9.17) is 15.5 Å². The fraction of sp³-hybridized carbons (Fsp3) is 0.455. The molecule has 0 amide bonds. The average molecular weight is 455 g/mol. The molecule has 5 rings (SSSR count). The molecule has 33 heavy (non-hydrogen) atoms. The average Bonchev–Trinajstić information content (AvgIpc) is 3.47. The Labute approximate surface area is 189 Å². The van der Waals surface area contributed by atoms with Crippen molar-refractivity contribution in [1.29, 1.82) is 0 Å². The van der Waals surface area contributed by atoms with E-state index in [9.17, 15) is 9.50 Å². The number of piperidine rings is 1. The highest BCUT2D eigenvalue weighted by atomic mass is 19.1. The first kappa shape index (κ1) is 21.4. The first-order valence-electron chi connectivity index (χ1n) is 11.0. The van der Waals surface area contributed by atoms with Crippen molar-refractivity contribution in [2.24, 2.45) is 0 Å². The number of methoxy groups -OCH3 is 1. The Balaban J connectivity index is 1.48. The SMILES string of the molecule is COc1cc(F)cc2c1nc(N)n1nc([C@@H]3CCCN(c4cnn([C@@H](C)[C@H](C)O)c4)C3)nc21. The van der Waals surface area contributed by atoms with Gasteiger partial charge >= 0.3 is 0 Å². The number of nitrogen functional groups attached to an aromatic ring is 1. The lowest BCUT2D eigenvalue weighted by molar-refractivity contribution is 0.132. The van der Waals surface area contributed by atoms with E-state index in [-0.39, 0.29) is 17.9 Å². The maximum Gasteiger partial charge on any atom is 0.223 e. The number of nitrogens with two attached hydrogens (primary N) is 1. The number of fused-ring (bicyclic) bond motifs is 3. The van der Waals surface area contributed by atoms with Crippen molar-refractivity contribution in [2.75, 3.05) is 30.8 Å². The van der Waals surface area contributed by atoms with Gasteiger partial charge in [-0.1, -0.05) is 0 Å². The predicted octanol–water partition coefficient (Wildman–Crippen LogP) is 2.53. The summed E-state index contributed by atoms with van der Waals surface area (Å²) in [5.74, 6) is 0.748. The molecule has 0 aliphatic carbocycles. The van der Waals surface area contributed by atoms with Gasteiger partial charge in [-0.2, -0.15) is 9.61 Å². The number of nitrogens with zero attached hydrogens (tertiary/aromatic N) is 7. The van der Waals surface area contributed by atoms with Crippen LogP contribution in [0.1, 0.15) is 44.5 Å². The molecule has 1 aliphatic heterocycles. The molecule has 3 N–H and O–H groups in total. The maximum atomic E-state index is 14.2. The van der Waals surface area contributed by atoms with Crippen molar-refractivity contribution in [1.82, 2.24) is 29.4 Å². The maximum absolute atomic E-state index is 14.2. The molecule has 11 heteroatoms. The minimum Gasteiger partial charge on any atom is -0.494 e. The summed E-state index contributed by atoms with van der Waals surface area (Å²) in [6.45, 7) is 5.30. The zero-order chi connectivity index (χ0) is 23.3. The van der Waals surface area contributed by atoms with Crippen molar-refractivity contribution >= 4 is 28.2 Å². The Morgan fingerprint density at radius 3 is 2.85 bits per heavy atom. The summed E-state index contributed by atoms with van der Waals surface area (Å²) in [7, 11) is 1.46. The van der Waals surface area contributed by atoms with E-state index in [1.807, 2.05) is 19.3 Å². The molecule has 4 heterocycles. The van der Waals surface area contributed by atoms with E-state index < -0.39 is 11.9 Å². The predicted molar refractivity (Wildman–Crippen MR) is 122 cm³/mol. The lowest BCUT2D eigenvalue weighted by Crippen LogP contribution is -2.34. The largest absolute Gasteiger partial charge is 0.494 e. The van der Waals surface area contributed by atoms with E-state index in [2.05, 4.69) is 20.1 Å². The molecule has 4 aromatic rings. The Hall–Kier alpha value is -3.47. The monoisotopic (exact) mass is 454 g/mol. The van der Waals surface area contributed by atoms with Crippen molar-refractivity contribution in [3.05, 3.63) is 36.2 Å². The number of anilines is 2. The molecule has 0 spiro atoms. The molecule has 0 radical (unpaired) electrons. The zero-order valence-electron chi connectivity index (χ0n) is 18.8. The van der Waals surface area contributed by atoms with E-state index in [1.54, 1.807) is 11.6 Å². The van der Waals surface area contributed by atoms with Crippen LogP contribution in [-0.2, 0) is 0 Å². The second kappa shape index (κ2) is 8.14. The topological polar surface area (TPSA) is 120 Å². The molecule has 3 aromatic heterocycles. The summed E-state index contributed by atoms with van der Waals surface area (Å²) in [4.78, 5) is 11.4. The van der Waals surface area contributed by atoms with Crippen LogP contribution in [0.4, 0.5) is 16.0 Å². The third-order valence-corrected chi connectivity index (χ3v) is 6.42. The van der Waals surface area contributed by atoms with Crippen molar-refractivity contribution in [3.8, 4) is 5.75 Å². The molecule has 0 saturated carbocycles. The Morgan fingerprint density at radius 1 is 1.27 bits per heavy atom. The molecule has 1 fully saturated rings. The Kier molecular flexibility index (Phi) is 5.28. The van der Waals surface area contributed by atoms with Gasteiger partial charge < -0.3 is 20.5 Å². The molecule has 174 valence electrons. The van der Waals surface area contributed by atoms with Gasteiger partial charge in [-0.25, -0.2) is 14.4 Å². The first-order valence-corrected chi connectivity index (χ1v) is 11.0. The molecule has 10 nitrogen and oxygen atoms in total. The number of benzene rings is 1. The quantitative estimate of drug-likeness (QED) is 0.472. The van der Waals surface area contributed by atoms with Crippen LogP contribution in [0.3, 0.4) is 0 Å². The minimum atomic E-state index is -0.494. The van der Waals surface area contributed by atoms with Crippen LogP contribution in [0, 0.1) is 5.82 Å². The van der Waals surface area contributed by atoms with Gasteiger partial charge in [-0.3, -0.25) is 4.68 Å². The van der Waals surface area contributed by atoms with Gasteiger partial charge in [-0.15, -0.1) is 5.10 Å². The third kappa shape index (κ3) is 3.71. The summed E-state index contributed by atoms with van der Waals surface area (Å²) >= 11 is 0. The number of aliphatic hydroxyl groups is 1. The number of rotatable bonds is 5. The fourth-order valence-electron chi connectivity index (χ4n) is 4.37. The second-order valence-corrected chi connectivity index (χ2v) is 8.62. The lowest BCUT2D eigenvalue weighted by atomic mass is 9.97. The first-order chi connectivity index (χ1) is 15.9. The highest BCUT2D eigenvalue weighted by molar-refractivity contribution is 5.95. The number of hydrogen-bond donors (Lipinski definition) is 2. The minimum absolute atomic E-state index is 0.0705. The van der Waals surface area contributed by atoms with Crippen LogP contribution >= 0.6 is 0 Å². The van der Waals surface area contributed by atoms with Crippen LogP contribution in [0.15, 0.2) is 24.5 Å². The molecule has 1 aliphatic rings. The number of hydrogen-bond acceptors (Lipinski definition) is 8. The zero-order valence-corrected chi connectivity index (χ0v) is 18.8. The Bertz CT molecular complexity index is 1320. The van der Waals surface area contributed by atoms with Gasteiger partial charge in [-0.05, 0) is 32.8 Å². The second-order valence-electron chi connectivity index (χ2n) is 8.62. The summed E-state index contributed by atoms with van der Waals surface area (Å²) in [6.07, 6.45) is 5.18. The normalized spacial score (nSPS) is 18.7. The van der Waals surface area contributed by atoms with E-state index in [0.717, 1.165) is 25.1 Å². The number of aromatic nitrogens is 6. The smallest absolute Gasteiger partial charge is 0.223 e. The number of aliphatic hydroxyl groups excluding tert-OH is 1. The molecule has 1 saturated heterocycles.